The normalized spacial score (nSPS) is 16.3. The predicted octanol–water partition coefficient (Wildman–Crippen LogP) is 1.48. The number of likely N-dealkylation sites (tertiary alicyclic amines) is 1. The van der Waals surface area contributed by atoms with Gasteiger partial charge in [0.1, 0.15) is 24.2 Å². The molecule has 8 N–H and O–H groups in total. The van der Waals surface area contributed by atoms with Crippen LogP contribution in [0.3, 0.4) is 0 Å². The number of Topliss-reactive ketones (excluding diaryl/α,β-unsaturated/α-hetero) is 2. The van der Waals surface area contributed by atoms with Crippen LogP contribution in [0.1, 0.15) is 76.2 Å². The molecule has 1 aromatic rings. The maximum Gasteiger partial charge on any atom is 0.245 e. The summed E-state index contributed by atoms with van der Waals surface area (Å²) in [5.41, 5.74) is 18.6. The standard InChI is InChI=1S/C34H54N6O7/c35-15-3-1-7-26(22-32(43)30(38)21-25-11-13-28(41)14-12-25)31(42)10-6-18-46-19-20-47-24-33(44)39-16-4-2-9-29(37)34(45)40-17-5-8-27(40)23-36/h11-14,26-27,29-30,41H,1-10,15-22,24,35,37-38H2,(H,39,44)/t26-,27+,29+,30+/m1/s1. The largest absolute Gasteiger partial charge is 0.508 e. The molecule has 262 valence electrons. The number of ether oxygens (including phenoxy) is 2. The van der Waals surface area contributed by atoms with Crippen molar-refractivity contribution >= 4 is 23.4 Å². The molecule has 4 atom stereocenters. The van der Waals surface area contributed by atoms with Gasteiger partial charge >= 0.3 is 0 Å². The Balaban J connectivity index is 1.54. The molecule has 0 aliphatic carbocycles. The quantitative estimate of drug-likeness (QED) is 0.0946. The number of rotatable bonds is 25. The van der Waals surface area contributed by atoms with Crippen LogP contribution in [-0.2, 0) is 35.1 Å². The van der Waals surface area contributed by atoms with Crippen LogP contribution in [0.2, 0.25) is 0 Å². The first-order valence-electron chi connectivity index (χ1n) is 16.8. The number of carbonyl (C=O) groups is 4. The van der Waals surface area contributed by atoms with E-state index in [1.165, 1.54) is 0 Å². The molecule has 13 nitrogen and oxygen atoms in total. The van der Waals surface area contributed by atoms with Gasteiger partial charge in [-0.3, -0.25) is 19.2 Å². The van der Waals surface area contributed by atoms with Crippen LogP contribution in [0.5, 0.6) is 5.75 Å². The number of nitriles is 1. The average molecular weight is 659 g/mol. The lowest BCUT2D eigenvalue weighted by Crippen LogP contribution is -2.45. The van der Waals surface area contributed by atoms with E-state index >= 15 is 0 Å². The lowest BCUT2D eigenvalue weighted by atomic mass is 9.87. The van der Waals surface area contributed by atoms with E-state index in [0.29, 0.717) is 71.2 Å². The summed E-state index contributed by atoms with van der Waals surface area (Å²) in [6.45, 7) is 2.31. The van der Waals surface area contributed by atoms with E-state index in [4.69, 9.17) is 31.9 Å². The Bertz CT molecular complexity index is 1140. The summed E-state index contributed by atoms with van der Waals surface area (Å²) in [5.74, 6) is -0.845. The van der Waals surface area contributed by atoms with Gasteiger partial charge in [-0.1, -0.05) is 18.6 Å². The summed E-state index contributed by atoms with van der Waals surface area (Å²) in [4.78, 5) is 51.8. The third-order valence-electron chi connectivity index (χ3n) is 8.30. The maximum atomic E-state index is 13.0. The van der Waals surface area contributed by atoms with Gasteiger partial charge in [0.15, 0.2) is 5.78 Å². The molecule has 0 saturated carbocycles. The highest BCUT2D eigenvalue weighted by Crippen LogP contribution is 2.20. The predicted molar refractivity (Wildman–Crippen MR) is 177 cm³/mol. The Morgan fingerprint density at radius 2 is 1.68 bits per heavy atom. The molecule has 0 spiro atoms. The monoisotopic (exact) mass is 658 g/mol. The number of nitrogens with two attached hydrogens (primary N) is 3. The molecule has 1 heterocycles. The Labute approximate surface area is 278 Å². The van der Waals surface area contributed by atoms with Crippen LogP contribution in [0.15, 0.2) is 24.3 Å². The Kier molecular flexibility index (Phi) is 19.5. The van der Waals surface area contributed by atoms with Crippen LogP contribution < -0.4 is 22.5 Å². The summed E-state index contributed by atoms with van der Waals surface area (Å²) in [7, 11) is 0. The molecule has 1 aliphatic rings. The lowest BCUT2D eigenvalue weighted by Gasteiger charge is -2.23. The highest BCUT2D eigenvalue weighted by Gasteiger charge is 2.31. The molecule has 1 aromatic carbocycles. The SMILES string of the molecule is N#C[C@@H]1CCCN1C(=O)[C@@H](N)CCCCNC(=O)COCCOCCCC(=O)[C@H](CCCCN)CC(=O)[C@@H](N)Cc1ccc(O)cc1. The number of benzene rings is 1. The van der Waals surface area contributed by atoms with Crippen LogP contribution in [0, 0.1) is 17.2 Å². The number of amides is 2. The van der Waals surface area contributed by atoms with Gasteiger partial charge in [-0.05, 0) is 82.0 Å². The minimum atomic E-state index is -0.727. The van der Waals surface area contributed by atoms with Crippen molar-refractivity contribution in [2.75, 3.05) is 46.1 Å². The van der Waals surface area contributed by atoms with Crippen molar-refractivity contribution in [2.24, 2.45) is 23.1 Å². The molecule has 0 aromatic heterocycles. The van der Waals surface area contributed by atoms with Gasteiger partial charge in [-0.25, -0.2) is 0 Å². The number of ketones is 2. The van der Waals surface area contributed by atoms with Gasteiger partial charge in [-0.2, -0.15) is 5.26 Å². The Morgan fingerprint density at radius 3 is 2.40 bits per heavy atom. The first kappa shape index (κ1) is 39.8. The molecular formula is C34H54N6O7. The molecule has 2 amide bonds. The van der Waals surface area contributed by atoms with Crippen molar-refractivity contribution in [1.29, 1.82) is 5.26 Å². The third kappa shape index (κ3) is 15.8. The molecule has 0 bridgehead atoms. The van der Waals surface area contributed by atoms with Gasteiger partial charge in [0.2, 0.25) is 11.8 Å². The Morgan fingerprint density at radius 1 is 0.957 bits per heavy atom. The zero-order valence-electron chi connectivity index (χ0n) is 27.6. The second-order valence-electron chi connectivity index (χ2n) is 12.1. The van der Waals surface area contributed by atoms with E-state index < -0.39 is 18.0 Å². The van der Waals surface area contributed by atoms with Crippen molar-refractivity contribution in [2.45, 2.75) is 95.2 Å². The van der Waals surface area contributed by atoms with E-state index in [2.05, 4.69) is 11.4 Å². The first-order valence-corrected chi connectivity index (χ1v) is 16.8. The molecular weight excluding hydrogens is 604 g/mol. The van der Waals surface area contributed by atoms with Crippen molar-refractivity contribution in [1.82, 2.24) is 10.2 Å². The molecule has 0 radical (unpaired) electrons. The second kappa shape index (κ2) is 23.0. The summed E-state index contributed by atoms with van der Waals surface area (Å²) in [6, 6.07) is 6.96. The minimum absolute atomic E-state index is 0.0107. The van der Waals surface area contributed by atoms with Gasteiger partial charge in [0, 0.05) is 38.5 Å². The summed E-state index contributed by atoms with van der Waals surface area (Å²) in [6.07, 6.45) is 6.69. The highest BCUT2D eigenvalue weighted by molar-refractivity contribution is 5.90. The van der Waals surface area contributed by atoms with Gasteiger partial charge in [0.25, 0.3) is 0 Å². The van der Waals surface area contributed by atoms with Crippen molar-refractivity contribution < 1.29 is 33.8 Å². The zero-order valence-corrected chi connectivity index (χ0v) is 27.6. The molecule has 2 rings (SSSR count). The van der Waals surface area contributed by atoms with E-state index in [1.807, 2.05) is 0 Å². The number of unbranched alkanes of at least 4 members (excludes halogenated alkanes) is 2. The third-order valence-corrected chi connectivity index (χ3v) is 8.30. The maximum absolute atomic E-state index is 13.0. The van der Waals surface area contributed by atoms with Crippen LogP contribution in [-0.4, -0.2) is 97.6 Å². The smallest absolute Gasteiger partial charge is 0.245 e. The second-order valence-corrected chi connectivity index (χ2v) is 12.1. The summed E-state index contributed by atoms with van der Waals surface area (Å²) in [5, 5.41) is 21.4. The number of phenolic OH excluding ortho intramolecular Hbond substituents is 1. The minimum Gasteiger partial charge on any atom is -0.508 e. The van der Waals surface area contributed by atoms with Gasteiger partial charge in [0.05, 0.1) is 31.4 Å². The number of phenols is 1. The average Bonchev–Trinajstić information content (AvgIpc) is 3.54. The van der Waals surface area contributed by atoms with E-state index in [1.54, 1.807) is 29.2 Å². The lowest BCUT2D eigenvalue weighted by molar-refractivity contribution is -0.132. The van der Waals surface area contributed by atoms with Crippen molar-refractivity contribution in [3.63, 3.8) is 0 Å². The van der Waals surface area contributed by atoms with Crippen molar-refractivity contribution in [3.8, 4) is 11.8 Å². The fraction of sp³-hybridized carbons (Fsp3) is 0.676. The zero-order chi connectivity index (χ0) is 34.4. The van der Waals surface area contributed by atoms with Crippen LogP contribution in [0.4, 0.5) is 0 Å². The number of nitrogens with zero attached hydrogens (tertiary/aromatic N) is 2. The van der Waals surface area contributed by atoms with Crippen LogP contribution in [0.25, 0.3) is 0 Å². The number of nitrogens with one attached hydrogen (secondary N) is 1. The van der Waals surface area contributed by atoms with Crippen molar-refractivity contribution in [3.05, 3.63) is 29.8 Å². The molecule has 47 heavy (non-hydrogen) atoms. The fourth-order valence-corrected chi connectivity index (χ4v) is 5.51. The summed E-state index contributed by atoms with van der Waals surface area (Å²) < 4.78 is 10.9. The number of aromatic hydroxyl groups is 1. The molecule has 13 heteroatoms. The van der Waals surface area contributed by atoms with Crippen LogP contribution >= 0.6 is 0 Å². The van der Waals surface area contributed by atoms with E-state index in [0.717, 1.165) is 24.8 Å². The topological polar surface area (TPSA) is 224 Å². The molecule has 0 unspecified atom stereocenters. The molecule has 1 saturated heterocycles. The fourth-order valence-electron chi connectivity index (χ4n) is 5.51. The van der Waals surface area contributed by atoms with E-state index in [-0.39, 0.29) is 67.8 Å². The first-order chi connectivity index (χ1) is 22.7. The Hall–Kier alpha value is -3.41. The number of hydrogen-bond donors (Lipinski definition) is 5. The molecule has 1 fully saturated rings. The number of hydrogen-bond acceptors (Lipinski definition) is 11. The van der Waals surface area contributed by atoms with E-state index in [9.17, 15) is 24.3 Å². The van der Waals surface area contributed by atoms with Gasteiger partial charge in [-0.15, -0.1) is 0 Å². The van der Waals surface area contributed by atoms with Gasteiger partial charge < -0.3 is 42.0 Å². The molecule has 1 aliphatic heterocycles. The summed E-state index contributed by atoms with van der Waals surface area (Å²) >= 11 is 0. The highest BCUT2D eigenvalue weighted by atomic mass is 16.5. The number of carbonyl (C=O) groups excluding carboxylic acids is 4.